The second-order valence-electron chi connectivity index (χ2n) is 2.81. The topological polar surface area (TPSA) is 39.3 Å². The Morgan fingerprint density at radius 1 is 1.64 bits per heavy atom. The number of H-pyrrole nitrogens is 1. The molecule has 1 heterocycles. The molecule has 0 aliphatic heterocycles. The average molecular weight is 154 g/mol. The fourth-order valence-corrected chi connectivity index (χ4v) is 1.11. The highest BCUT2D eigenvalue weighted by Crippen LogP contribution is 2.15. The maximum atomic E-state index is 9.01. The summed E-state index contributed by atoms with van der Waals surface area (Å²) in [5.74, 6) is 0. The molecule has 1 aromatic rings. The highest BCUT2D eigenvalue weighted by Gasteiger charge is 2.11. The normalized spacial score (nSPS) is 13.8. The molecule has 1 rings (SSSR count). The molecule has 3 nitrogen and oxygen atoms in total. The van der Waals surface area contributed by atoms with Crippen LogP contribution < -0.4 is 0 Å². The van der Waals surface area contributed by atoms with Gasteiger partial charge in [-0.15, -0.1) is 0 Å². The molecule has 0 aliphatic rings. The number of nitrogens with zero attached hydrogens (tertiary/aromatic N) is 1. The van der Waals surface area contributed by atoms with Crippen LogP contribution in [0, 0.1) is 0 Å². The minimum absolute atomic E-state index is 0.112. The van der Waals surface area contributed by atoms with Crippen LogP contribution >= 0.6 is 0 Å². The average Bonchev–Trinajstić information content (AvgIpc) is 2.40. The third-order valence-corrected chi connectivity index (χ3v) is 1.80. The largest absolute Gasteiger partial charge is 0.394 e. The molecule has 11 heavy (non-hydrogen) atoms. The molecule has 0 aliphatic carbocycles. The first-order valence-electron chi connectivity index (χ1n) is 3.65. The molecule has 0 amide bonds. The van der Waals surface area contributed by atoms with Crippen LogP contribution in [-0.2, 0) is 0 Å². The molecule has 0 spiro atoms. The van der Waals surface area contributed by atoms with E-state index in [9.17, 15) is 0 Å². The van der Waals surface area contributed by atoms with Gasteiger partial charge in [-0.2, -0.15) is 0 Å². The van der Waals surface area contributed by atoms with E-state index >= 15 is 0 Å². The van der Waals surface area contributed by atoms with E-state index in [0.29, 0.717) is 0 Å². The molecule has 62 valence electrons. The van der Waals surface area contributed by atoms with E-state index in [1.165, 1.54) is 0 Å². The van der Waals surface area contributed by atoms with E-state index in [-0.39, 0.29) is 12.6 Å². The van der Waals surface area contributed by atoms with Crippen LogP contribution in [0.25, 0.3) is 0 Å². The highest BCUT2D eigenvalue weighted by molar-refractivity contribution is 5.13. The van der Waals surface area contributed by atoms with E-state index in [2.05, 4.69) is 4.98 Å². The lowest BCUT2D eigenvalue weighted by atomic mass is 10.1. The second kappa shape index (κ2) is 3.55. The van der Waals surface area contributed by atoms with E-state index in [1.807, 2.05) is 37.5 Å². The number of rotatable bonds is 3. The SMILES string of the molecule is CN(C)C(CO)c1cc[nH]c1. The van der Waals surface area contributed by atoms with Gasteiger partial charge in [0.25, 0.3) is 0 Å². The molecule has 1 unspecified atom stereocenters. The Labute approximate surface area is 66.7 Å². The molecule has 0 bridgehead atoms. The number of likely N-dealkylation sites (N-methyl/N-ethyl adjacent to an activating group) is 1. The molecule has 0 saturated carbocycles. The van der Waals surface area contributed by atoms with Crippen LogP contribution in [0.15, 0.2) is 18.5 Å². The summed E-state index contributed by atoms with van der Waals surface area (Å²) in [4.78, 5) is 4.95. The van der Waals surface area contributed by atoms with Crippen molar-refractivity contribution in [3.8, 4) is 0 Å². The molecule has 0 saturated heterocycles. The minimum atomic E-state index is 0.112. The first-order chi connectivity index (χ1) is 5.25. The number of hydrogen-bond acceptors (Lipinski definition) is 2. The van der Waals surface area contributed by atoms with Crippen LogP contribution in [0.1, 0.15) is 11.6 Å². The van der Waals surface area contributed by atoms with Crippen LogP contribution in [0.4, 0.5) is 0 Å². The van der Waals surface area contributed by atoms with Gasteiger partial charge in [-0.05, 0) is 25.7 Å². The molecular weight excluding hydrogens is 140 g/mol. The standard InChI is InChI=1S/C8H14N2O/c1-10(2)8(6-11)7-3-4-9-5-7/h3-5,8-9,11H,6H2,1-2H3. The summed E-state index contributed by atoms with van der Waals surface area (Å²) < 4.78 is 0. The fourth-order valence-electron chi connectivity index (χ4n) is 1.11. The summed E-state index contributed by atoms with van der Waals surface area (Å²) in [7, 11) is 3.90. The second-order valence-corrected chi connectivity index (χ2v) is 2.81. The van der Waals surface area contributed by atoms with Crippen molar-refractivity contribution in [1.82, 2.24) is 9.88 Å². The zero-order chi connectivity index (χ0) is 8.27. The summed E-state index contributed by atoms with van der Waals surface area (Å²) in [5.41, 5.74) is 1.12. The smallest absolute Gasteiger partial charge is 0.0629 e. The summed E-state index contributed by atoms with van der Waals surface area (Å²) in [6.07, 6.45) is 3.77. The molecule has 0 aromatic carbocycles. The van der Waals surface area contributed by atoms with Gasteiger partial charge >= 0.3 is 0 Å². The molecule has 1 atom stereocenters. The lowest BCUT2D eigenvalue weighted by Crippen LogP contribution is -2.22. The predicted octanol–water partition coefficient (Wildman–Crippen LogP) is 0.610. The zero-order valence-corrected chi connectivity index (χ0v) is 6.91. The van der Waals surface area contributed by atoms with Crippen molar-refractivity contribution in [2.24, 2.45) is 0 Å². The molecule has 2 N–H and O–H groups in total. The Bertz CT molecular complexity index is 194. The first-order valence-corrected chi connectivity index (χ1v) is 3.65. The van der Waals surface area contributed by atoms with Gasteiger partial charge in [0.15, 0.2) is 0 Å². The molecular formula is C8H14N2O. The third kappa shape index (κ3) is 1.82. The summed E-state index contributed by atoms with van der Waals surface area (Å²) in [5, 5.41) is 9.01. The maximum absolute atomic E-state index is 9.01. The Morgan fingerprint density at radius 2 is 2.36 bits per heavy atom. The molecule has 1 aromatic heterocycles. The lowest BCUT2D eigenvalue weighted by Gasteiger charge is -2.20. The minimum Gasteiger partial charge on any atom is -0.394 e. The maximum Gasteiger partial charge on any atom is 0.0629 e. The number of hydrogen-bond donors (Lipinski definition) is 2. The number of nitrogens with one attached hydrogen (secondary N) is 1. The first kappa shape index (κ1) is 8.30. The monoisotopic (exact) mass is 154 g/mol. The van der Waals surface area contributed by atoms with Crippen molar-refractivity contribution in [3.63, 3.8) is 0 Å². The van der Waals surface area contributed by atoms with Gasteiger partial charge in [-0.1, -0.05) is 0 Å². The van der Waals surface area contributed by atoms with Crippen molar-refractivity contribution in [2.75, 3.05) is 20.7 Å². The third-order valence-electron chi connectivity index (χ3n) is 1.80. The summed E-state index contributed by atoms with van der Waals surface area (Å²) >= 11 is 0. The zero-order valence-electron chi connectivity index (χ0n) is 6.91. The highest BCUT2D eigenvalue weighted by atomic mass is 16.3. The van der Waals surface area contributed by atoms with Crippen molar-refractivity contribution in [3.05, 3.63) is 24.0 Å². The fraction of sp³-hybridized carbons (Fsp3) is 0.500. The molecule has 0 fully saturated rings. The Kier molecular flexibility index (Phi) is 2.68. The molecule has 3 heteroatoms. The van der Waals surface area contributed by atoms with Gasteiger partial charge in [0.2, 0.25) is 0 Å². The van der Waals surface area contributed by atoms with Gasteiger partial charge in [-0.25, -0.2) is 0 Å². The summed E-state index contributed by atoms with van der Waals surface area (Å²) in [6.45, 7) is 0.158. The van der Waals surface area contributed by atoms with Crippen molar-refractivity contribution in [2.45, 2.75) is 6.04 Å². The van der Waals surface area contributed by atoms with Crippen LogP contribution in [-0.4, -0.2) is 35.7 Å². The summed E-state index contributed by atoms with van der Waals surface area (Å²) in [6, 6.07) is 2.09. The number of aromatic amines is 1. The van der Waals surface area contributed by atoms with Gasteiger partial charge in [-0.3, -0.25) is 0 Å². The van der Waals surface area contributed by atoms with Crippen molar-refractivity contribution >= 4 is 0 Å². The lowest BCUT2D eigenvalue weighted by molar-refractivity contribution is 0.171. The van der Waals surface area contributed by atoms with Gasteiger partial charge < -0.3 is 15.0 Å². The van der Waals surface area contributed by atoms with Crippen molar-refractivity contribution in [1.29, 1.82) is 0 Å². The van der Waals surface area contributed by atoms with E-state index in [0.717, 1.165) is 5.56 Å². The van der Waals surface area contributed by atoms with Gasteiger partial charge in [0.05, 0.1) is 12.6 Å². The van der Waals surface area contributed by atoms with Crippen LogP contribution in [0.5, 0.6) is 0 Å². The van der Waals surface area contributed by atoms with Crippen LogP contribution in [0.2, 0.25) is 0 Å². The quantitative estimate of drug-likeness (QED) is 0.669. The van der Waals surface area contributed by atoms with E-state index in [4.69, 9.17) is 5.11 Å². The van der Waals surface area contributed by atoms with E-state index < -0.39 is 0 Å². The Balaban J connectivity index is 2.71. The van der Waals surface area contributed by atoms with Crippen molar-refractivity contribution < 1.29 is 5.11 Å². The number of aliphatic hydroxyl groups excluding tert-OH is 1. The predicted molar refractivity (Wildman–Crippen MR) is 44.3 cm³/mol. The van der Waals surface area contributed by atoms with Crippen LogP contribution in [0.3, 0.4) is 0 Å². The van der Waals surface area contributed by atoms with E-state index in [1.54, 1.807) is 0 Å². The van der Waals surface area contributed by atoms with Gasteiger partial charge in [0.1, 0.15) is 0 Å². The Morgan fingerprint density at radius 3 is 2.73 bits per heavy atom. The number of aromatic nitrogens is 1. The Hall–Kier alpha value is -0.800. The molecule has 0 radical (unpaired) electrons. The van der Waals surface area contributed by atoms with Gasteiger partial charge in [0, 0.05) is 12.4 Å². The number of aliphatic hydroxyl groups is 1.